The maximum atomic E-state index is 9.17. The Morgan fingerprint density at radius 1 is 1.62 bits per heavy atom. The number of ether oxygens (including phenoxy) is 4. The molecule has 0 aromatic carbocycles. The number of aliphatic hydroxyl groups is 1. The Morgan fingerprint density at radius 2 is 2.38 bits per heavy atom. The van der Waals surface area contributed by atoms with Crippen molar-refractivity contribution in [2.45, 2.75) is 30.3 Å². The second-order valence-electron chi connectivity index (χ2n) is 3.68. The van der Waals surface area contributed by atoms with Gasteiger partial charge in [0, 0.05) is 7.11 Å². The molecule has 86 valence electrons. The van der Waals surface area contributed by atoms with E-state index in [1.165, 1.54) is 7.11 Å². The lowest BCUT2D eigenvalue weighted by atomic mass is 9.80. The minimum absolute atomic E-state index is 0.203. The molecule has 1 N–H and O–H groups in total. The first-order valence-electron chi connectivity index (χ1n) is 4.93. The molecule has 16 heavy (non-hydrogen) atoms. The minimum atomic E-state index is -0.990. The van der Waals surface area contributed by atoms with Gasteiger partial charge in [-0.1, -0.05) is 6.58 Å². The lowest BCUT2D eigenvalue weighted by Crippen LogP contribution is -2.45. The first-order chi connectivity index (χ1) is 7.67. The number of hydrogen-bond donors (Lipinski definition) is 1. The van der Waals surface area contributed by atoms with Gasteiger partial charge in [-0.05, 0) is 6.08 Å². The average Bonchev–Trinajstić information content (AvgIpc) is 2.76. The highest BCUT2D eigenvalue weighted by Crippen LogP contribution is 2.42. The number of fused-ring (bicyclic) bond motifs is 1. The number of hydrogen-bond acceptors (Lipinski definition) is 5. The van der Waals surface area contributed by atoms with Crippen molar-refractivity contribution in [2.24, 2.45) is 0 Å². The normalized spacial score (nSPS) is 46.4. The molecule has 2 rings (SSSR count). The molecule has 0 aliphatic carbocycles. The van der Waals surface area contributed by atoms with Crippen LogP contribution in [0.2, 0.25) is 0 Å². The zero-order valence-electron chi connectivity index (χ0n) is 8.96. The number of methoxy groups -OCH3 is 1. The van der Waals surface area contributed by atoms with E-state index < -0.39 is 30.3 Å². The smallest absolute Gasteiger partial charge is 0.272 e. The molecule has 2 fully saturated rings. The summed E-state index contributed by atoms with van der Waals surface area (Å²) < 4.78 is 21.3. The van der Waals surface area contributed by atoms with Crippen molar-refractivity contribution in [3.05, 3.63) is 18.4 Å². The van der Waals surface area contributed by atoms with Crippen LogP contribution in [0.3, 0.4) is 0 Å². The second kappa shape index (κ2) is 4.33. The summed E-state index contributed by atoms with van der Waals surface area (Å²) >= 11 is 0. The molecule has 0 amide bonds. The first kappa shape index (κ1) is 11.9. The van der Waals surface area contributed by atoms with E-state index in [2.05, 4.69) is 12.3 Å². The topological polar surface area (TPSA) is 57.2 Å². The summed E-state index contributed by atoms with van der Waals surface area (Å²) in [6, 6.07) is -0.746. The lowest BCUT2D eigenvalue weighted by molar-refractivity contribution is -0.254. The maximum absolute atomic E-state index is 9.17. The van der Waals surface area contributed by atoms with Crippen LogP contribution in [0, 0.1) is 0 Å². The van der Waals surface area contributed by atoms with Crippen molar-refractivity contribution in [3.8, 4) is 0 Å². The van der Waals surface area contributed by atoms with E-state index in [4.69, 9.17) is 31.9 Å². The SMILES string of the molecule is [B][C@@H]1O[C@H](CO)C2OC(OC)OC21C=C=C. The Hall–Kier alpha value is -0.615. The Balaban J connectivity index is 2.31. The van der Waals surface area contributed by atoms with Gasteiger partial charge in [-0.25, -0.2) is 0 Å². The summed E-state index contributed by atoms with van der Waals surface area (Å²) in [5.74, 6) is 0. The van der Waals surface area contributed by atoms with Crippen LogP contribution in [0.25, 0.3) is 0 Å². The fourth-order valence-corrected chi connectivity index (χ4v) is 2.06. The molecular formula is C10H13BO5. The van der Waals surface area contributed by atoms with Gasteiger partial charge in [0.25, 0.3) is 6.48 Å². The van der Waals surface area contributed by atoms with E-state index in [1.54, 1.807) is 6.08 Å². The first-order valence-corrected chi connectivity index (χ1v) is 4.93. The Kier molecular flexibility index (Phi) is 3.21. The van der Waals surface area contributed by atoms with E-state index in [1.807, 2.05) is 0 Å². The molecular weight excluding hydrogens is 211 g/mol. The average molecular weight is 224 g/mol. The van der Waals surface area contributed by atoms with E-state index in [9.17, 15) is 0 Å². The molecule has 0 bridgehead atoms. The van der Waals surface area contributed by atoms with E-state index >= 15 is 0 Å². The monoisotopic (exact) mass is 224 g/mol. The van der Waals surface area contributed by atoms with Crippen LogP contribution < -0.4 is 0 Å². The Bertz CT molecular complexity index is 316. The van der Waals surface area contributed by atoms with Gasteiger partial charge in [0.1, 0.15) is 25.7 Å². The van der Waals surface area contributed by atoms with Crippen LogP contribution in [0.1, 0.15) is 0 Å². The molecule has 5 nitrogen and oxygen atoms in total. The van der Waals surface area contributed by atoms with Gasteiger partial charge in [-0.15, -0.1) is 5.73 Å². The molecule has 5 atom stereocenters. The van der Waals surface area contributed by atoms with Crippen LogP contribution in [0.5, 0.6) is 0 Å². The number of rotatable bonds is 3. The molecule has 2 heterocycles. The van der Waals surface area contributed by atoms with Gasteiger partial charge in [0.15, 0.2) is 0 Å². The predicted molar refractivity (Wildman–Crippen MR) is 54.7 cm³/mol. The molecule has 6 heteroatoms. The molecule has 0 aromatic rings. The van der Waals surface area contributed by atoms with Crippen LogP contribution in [-0.2, 0) is 18.9 Å². The Labute approximate surface area is 95.0 Å². The summed E-state index contributed by atoms with van der Waals surface area (Å²) in [5, 5.41) is 9.17. The van der Waals surface area contributed by atoms with Gasteiger partial charge < -0.3 is 24.1 Å². The Morgan fingerprint density at radius 3 is 2.94 bits per heavy atom. The molecule has 0 saturated carbocycles. The van der Waals surface area contributed by atoms with Crippen LogP contribution in [-0.4, -0.2) is 57.0 Å². The van der Waals surface area contributed by atoms with Crippen molar-refractivity contribution in [2.75, 3.05) is 13.7 Å². The third kappa shape index (κ3) is 1.55. The number of aliphatic hydroxyl groups excluding tert-OH is 1. The molecule has 2 saturated heterocycles. The molecule has 2 radical (unpaired) electrons. The molecule has 2 aliphatic heterocycles. The van der Waals surface area contributed by atoms with Gasteiger partial charge in [-0.2, -0.15) is 0 Å². The van der Waals surface area contributed by atoms with Gasteiger partial charge in [-0.3, -0.25) is 0 Å². The lowest BCUT2D eigenvalue weighted by Gasteiger charge is -2.25. The second-order valence-corrected chi connectivity index (χ2v) is 3.68. The highest BCUT2D eigenvalue weighted by molar-refractivity contribution is 6.12. The summed E-state index contributed by atoms with van der Waals surface area (Å²) in [6.45, 7) is 2.46. The van der Waals surface area contributed by atoms with Gasteiger partial charge in [0.05, 0.1) is 12.6 Å². The summed E-state index contributed by atoms with van der Waals surface area (Å²) in [5.41, 5.74) is 1.62. The van der Waals surface area contributed by atoms with Crippen LogP contribution >= 0.6 is 0 Å². The van der Waals surface area contributed by atoms with Crippen molar-refractivity contribution < 1.29 is 24.1 Å². The third-order valence-corrected chi connectivity index (χ3v) is 2.81. The third-order valence-electron chi connectivity index (χ3n) is 2.81. The van der Waals surface area contributed by atoms with Crippen molar-refractivity contribution in [1.29, 1.82) is 0 Å². The van der Waals surface area contributed by atoms with Crippen molar-refractivity contribution in [1.82, 2.24) is 0 Å². The zero-order chi connectivity index (χ0) is 11.8. The fraction of sp³-hybridized carbons (Fsp3) is 0.700. The van der Waals surface area contributed by atoms with E-state index in [0.29, 0.717) is 0 Å². The summed E-state index contributed by atoms with van der Waals surface area (Å²) in [4.78, 5) is 0. The highest BCUT2D eigenvalue weighted by Gasteiger charge is 2.61. The molecule has 2 aliphatic rings. The fourth-order valence-electron chi connectivity index (χ4n) is 2.06. The predicted octanol–water partition coefficient (Wildman–Crippen LogP) is -0.703. The summed E-state index contributed by atoms with van der Waals surface area (Å²) in [7, 11) is 7.29. The van der Waals surface area contributed by atoms with Crippen LogP contribution in [0.15, 0.2) is 18.4 Å². The zero-order valence-corrected chi connectivity index (χ0v) is 8.96. The molecule has 0 spiro atoms. The summed E-state index contributed by atoms with van der Waals surface area (Å²) in [6.07, 6.45) is 0.489. The standard InChI is InChI=1S/C10H13BO5/c1-3-4-10-7(15-9(13-2)16-10)6(5-12)14-8(10)11/h4,6-9,12H,1,5H2,2H3/t6-,7?,8-,9?,10?/m1/s1. The van der Waals surface area contributed by atoms with Crippen LogP contribution in [0.4, 0.5) is 0 Å². The maximum Gasteiger partial charge on any atom is 0.272 e. The molecule has 3 unspecified atom stereocenters. The van der Waals surface area contributed by atoms with E-state index in [0.717, 1.165) is 0 Å². The highest BCUT2D eigenvalue weighted by atomic mass is 16.9. The van der Waals surface area contributed by atoms with E-state index in [-0.39, 0.29) is 6.61 Å². The van der Waals surface area contributed by atoms with Gasteiger partial charge >= 0.3 is 0 Å². The largest absolute Gasteiger partial charge is 0.394 e. The molecule has 0 aromatic heterocycles. The van der Waals surface area contributed by atoms with Gasteiger partial charge in [0.2, 0.25) is 0 Å². The van der Waals surface area contributed by atoms with Crippen molar-refractivity contribution >= 4 is 7.85 Å². The van der Waals surface area contributed by atoms with Crippen molar-refractivity contribution in [3.63, 3.8) is 0 Å². The minimum Gasteiger partial charge on any atom is -0.394 e. The quantitative estimate of drug-likeness (QED) is 0.507.